The number of alkyl halides is 2. The lowest BCUT2D eigenvalue weighted by Gasteiger charge is -2.15. The molecule has 2 fully saturated rings. The topological polar surface area (TPSA) is 108 Å². The minimum Gasteiger partial charge on any atom is -0.373 e. The molecule has 12 heteroatoms. The lowest BCUT2D eigenvalue weighted by molar-refractivity contribution is 0.0115. The molecule has 1 aliphatic carbocycles. The summed E-state index contributed by atoms with van der Waals surface area (Å²) >= 11 is 0. The van der Waals surface area contributed by atoms with Gasteiger partial charge in [0.05, 0.1) is 35.0 Å². The maximum absolute atomic E-state index is 16.2. The molecule has 0 bridgehead atoms. The molecule has 1 unspecified atom stereocenters. The summed E-state index contributed by atoms with van der Waals surface area (Å²) in [4.78, 5) is 18.4. The summed E-state index contributed by atoms with van der Waals surface area (Å²) in [5.41, 5.74) is 5.61. The number of rotatable bonds is 5. The van der Waals surface area contributed by atoms with Gasteiger partial charge in [-0.3, -0.25) is 20.0 Å². The summed E-state index contributed by atoms with van der Waals surface area (Å²) in [5, 5.41) is 10.7. The number of allylic oxidation sites excluding steroid dienone is 2. The van der Waals surface area contributed by atoms with Crippen molar-refractivity contribution < 1.29 is 17.6 Å². The number of hydrogen-bond donors (Lipinski definition) is 3. The SMILES string of the molecule is Fc1cccc(C2=CC=C3NC3c3[nH]c(-c4n[nH]c5cnc(-c6cncc(CN7CCC(F)(F)C7)c6)c(F)c45)nc32)c1. The van der Waals surface area contributed by atoms with E-state index in [4.69, 9.17) is 4.98 Å². The predicted octanol–water partition coefficient (Wildman–Crippen LogP) is 5.50. The minimum absolute atomic E-state index is 0.0637. The van der Waals surface area contributed by atoms with E-state index in [-0.39, 0.29) is 54.7 Å². The summed E-state index contributed by atoms with van der Waals surface area (Å²) in [7, 11) is 0. The second kappa shape index (κ2) is 9.08. The van der Waals surface area contributed by atoms with Gasteiger partial charge in [0.15, 0.2) is 11.6 Å². The maximum atomic E-state index is 16.2. The molecule has 1 aromatic carbocycles. The fraction of sp³-hybridized carbons (Fsp3) is 0.200. The second-order valence-electron chi connectivity index (χ2n) is 10.8. The van der Waals surface area contributed by atoms with Crippen LogP contribution >= 0.6 is 0 Å². The number of nitrogens with zero attached hydrogens (tertiary/aromatic N) is 5. The Morgan fingerprint density at radius 1 is 1.00 bits per heavy atom. The van der Waals surface area contributed by atoms with Crippen molar-refractivity contribution in [2.45, 2.75) is 24.9 Å². The van der Waals surface area contributed by atoms with Crippen LogP contribution in [0.1, 0.15) is 35.0 Å². The van der Waals surface area contributed by atoms with E-state index in [1.54, 1.807) is 23.2 Å². The van der Waals surface area contributed by atoms with Crippen molar-refractivity contribution in [1.29, 1.82) is 0 Å². The molecule has 0 spiro atoms. The van der Waals surface area contributed by atoms with Crippen molar-refractivity contribution in [2.75, 3.05) is 13.1 Å². The highest BCUT2D eigenvalue weighted by Gasteiger charge is 2.39. The number of H-pyrrole nitrogens is 2. The van der Waals surface area contributed by atoms with Gasteiger partial charge in [0.25, 0.3) is 5.92 Å². The summed E-state index contributed by atoms with van der Waals surface area (Å²) in [5.74, 6) is -3.32. The highest BCUT2D eigenvalue weighted by Crippen LogP contribution is 2.43. The molecule has 4 aromatic heterocycles. The quantitative estimate of drug-likeness (QED) is 0.190. The van der Waals surface area contributed by atoms with E-state index in [1.807, 2.05) is 18.2 Å². The standard InChI is InChI=1S/C30H22F4N8/c31-18-3-1-2-16(9-18)19-4-5-20-26(37-20)28-25(19)38-29(39-28)27-22-21(40-41-27)12-36-24(23(22)32)17-8-15(10-35-11-17)13-42-7-6-30(33,34)14-42/h1-5,8-12,26,37H,6-7,13-14H2,(H,38,39)(H,40,41). The molecule has 210 valence electrons. The molecule has 2 saturated heterocycles. The lowest BCUT2D eigenvalue weighted by Crippen LogP contribution is -2.24. The first-order chi connectivity index (χ1) is 20.3. The smallest absolute Gasteiger partial charge is 0.261 e. The van der Waals surface area contributed by atoms with Crippen molar-refractivity contribution in [1.82, 2.24) is 40.3 Å². The number of imidazole rings is 1. The Morgan fingerprint density at radius 3 is 2.74 bits per heavy atom. The normalized spacial score (nSPS) is 19.1. The van der Waals surface area contributed by atoms with Gasteiger partial charge >= 0.3 is 0 Å². The second-order valence-corrected chi connectivity index (χ2v) is 10.8. The Bertz CT molecular complexity index is 1960. The van der Waals surface area contributed by atoms with E-state index >= 15 is 4.39 Å². The van der Waals surface area contributed by atoms with Crippen LogP contribution in [0, 0.1) is 11.6 Å². The zero-order valence-corrected chi connectivity index (χ0v) is 21.9. The van der Waals surface area contributed by atoms with Gasteiger partial charge in [0, 0.05) is 48.7 Å². The van der Waals surface area contributed by atoms with Gasteiger partial charge < -0.3 is 10.3 Å². The van der Waals surface area contributed by atoms with E-state index in [2.05, 4.69) is 30.5 Å². The van der Waals surface area contributed by atoms with Crippen LogP contribution in [-0.2, 0) is 6.54 Å². The van der Waals surface area contributed by atoms with Crippen molar-refractivity contribution in [3.8, 4) is 22.8 Å². The number of nitrogens with one attached hydrogen (secondary N) is 3. The van der Waals surface area contributed by atoms with Crippen LogP contribution in [0.5, 0.6) is 0 Å². The molecule has 0 amide bonds. The molecule has 0 saturated carbocycles. The molecular formula is C30H22F4N8. The third kappa shape index (κ3) is 4.17. The Labute approximate surface area is 236 Å². The van der Waals surface area contributed by atoms with E-state index < -0.39 is 11.7 Å². The van der Waals surface area contributed by atoms with Gasteiger partial charge in [0.1, 0.15) is 23.2 Å². The Kier molecular flexibility index (Phi) is 5.39. The van der Waals surface area contributed by atoms with Crippen molar-refractivity contribution >= 4 is 16.5 Å². The third-order valence-electron chi connectivity index (χ3n) is 7.87. The van der Waals surface area contributed by atoms with Gasteiger partial charge in [-0.2, -0.15) is 5.10 Å². The molecule has 6 heterocycles. The minimum atomic E-state index is -2.70. The molecular weight excluding hydrogens is 548 g/mol. The van der Waals surface area contributed by atoms with Crippen molar-refractivity contribution in [2.24, 2.45) is 0 Å². The number of pyridine rings is 2. The molecule has 3 aliphatic rings. The van der Waals surface area contributed by atoms with Gasteiger partial charge in [-0.05, 0) is 35.4 Å². The van der Waals surface area contributed by atoms with E-state index in [0.29, 0.717) is 33.7 Å². The molecule has 2 aliphatic heterocycles. The van der Waals surface area contributed by atoms with E-state index in [0.717, 1.165) is 17.0 Å². The summed E-state index contributed by atoms with van der Waals surface area (Å²) in [6.07, 6.45) is 8.24. The van der Waals surface area contributed by atoms with Crippen molar-refractivity contribution in [3.63, 3.8) is 0 Å². The highest BCUT2D eigenvalue weighted by molar-refractivity contribution is 5.94. The number of hydrogen-bond acceptors (Lipinski definition) is 6. The molecule has 42 heavy (non-hydrogen) atoms. The lowest BCUT2D eigenvalue weighted by atomic mass is 10.0. The van der Waals surface area contributed by atoms with Crippen LogP contribution in [0.25, 0.3) is 39.3 Å². The van der Waals surface area contributed by atoms with E-state index in [9.17, 15) is 13.2 Å². The fourth-order valence-electron chi connectivity index (χ4n) is 5.80. The summed E-state index contributed by atoms with van der Waals surface area (Å²) in [6.45, 7) is 0.248. The van der Waals surface area contributed by atoms with Crippen LogP contribution in [-0.4, -0.2) is 54.0 Å². The number of likely N-dealkylation sites (tertiary alicyclic amines) is 1. The van der Waals surface area contributed by atoms with Crippen LogP contribution < -0.4 is 5.32 Å². The van der Waals surface area contributed by atoms with Crippen LogP contribution in [0.4, 0.5) is 17.6 Å². The van der Waals surface area contributed by atoms with Crippen LogP contribution in [0.2, 0.25) is 0 Å². The molecule has 0 radical (unpaired) electrons. The average molecular weight is 571 g/mol. The fourth-order valence-corrected chi connectivity index (χ4v) is 5.80. The molecule has 3 N–H and O–H groups in total. The number of benzene rings is 1. The number of aromatic nitrogens is 6. The first kappa shape index (κ1) is 24.9. The Hall–Kier alpha value is -4.84. The van der Waals surface area contributed by atoms with Gasteiger partial charge in [-0.15, -0.1) is 0 Å². The van der Waals surface area contributed by atoms with Gasteiger partial charge in [-0.25, -0.2) is 22.5 Å². The molecule has 8 rings (SSSR count). The third-order valence-corrected chi connectivity index (χ3v) is 7.87. The Balaban J connectivity index is 1.18. The number of aromatic amines is 2. The van der Waals surface area contributed by atoms with Crippen molar-refractivity contribution in [3.05, 3.63) is 101 Å². The van der Waals surface area contributed by atoms with Gasteiger partial charge in [0.2, 0.25) is 0 Å². The molecule has 1 atom stereocenters. The first-order valence-electron chi connectivity index (χ1n) is 13.4. The van der Waals surface area contributed by atoms with Crippen LogP contribution in [0.15, 0.2) is 66.8 Å². The predicted molar refractivity (Wildman–Crippen MR) is 147 cm³/mol. The molecule has 5 aromatic rings. The monoisotopic (exact) mass is 570 g/mol. The number of halogens is 4. The number of fused-ring (bicyclic) bond motifs is 4. The highest BCUT2D eigenvalue weighted by atomic mass is 19.3. The zero-order chi connectivity index (χ0) is 28.6. The molecule has 8 nitrogen and oxygen atoms in total. The zero-order valence-electron chi connectivity index (χ0n) is 21.9. The summed E-state index contributed by atoms with van der Waals surface area (Å²) < 4.78 is 57.7. The first-order valence-corrected chi connectivity index (χ1v) is 13.4. The maximum Gasteiger partial charge on any atom is 0.261 e. The largest absolute Gasteiger partial charge is 0.373 e. The Morgan fingerprint density at radius 2 is 1.90 bits per heavy atom. The van der Waals surface area contributed by atoms with E-state index in [1.165, 1.54) is 24.5 Å². The summed E-state index contributed by atoms with van der Waals surface area (Å²) in [6, 6.07) is 7.93. The van der Waals surface area contributed by atoms with Gasteiger partial charge in [-0.1, -0.05) is 18.2 Å². The average Bonchev–Trinajstić information content (AvgIpc) is 3.25. The van der Waals surface area contributed by atoms with Crippen LogP contribution in [0.3, 0.4) is 0 Å².